The molecule has 1 amide bonds. The van der Waals surface area contributed by atoms with E-state index in [1.165, 1.54) is 16.2 Å². The average molecular weight is 446 g/mol. The molecule has 4 heterocycles. The second-order valence-corrected chi connectivity index (χ2v) is 10.7. The molecule has 1 saturated heterocycles. The van der Waals surface area contributed by atoms with Gasteiger partial charge >= 0.3 is 0 Å². The molecule has 1 aliphatic rings. The molecule has 3 aromatic rings. The molecule has 0 N–H and O–H groups in total. The molecular formula is C21H23N3O4S2. The van der Waals surface area contributed by atoms with Crippen LogP contribution in [0.15, 0.2) is 40.6 Å². The number of thiophene rings is 1. The molecule has 0 aliphatic carbocycles. The fourth-order valence-electron chi connectivity index (χ4n) is 3.86. The maximum atomic E-state index is 13.3. The van der Waals surface area contributed by atoms with E-state index < -0.39 is 21.0 Å². The molecular weight excluding hydrogens is 422 g/mol. The van der Waals surface area contributed by atoms with Gasteiger partial charge in [0.2, 0.25) is 5.43 Å². The summed E-state index contributed by atoms with van der Waals surface area (Å²) in [6.45, 7) is 4.70. The minimum absolute atomic E-state index is 0.0574. The lowest BCUT2D eigenvalue weighted by molar-refractivity contribution is 0.0764. The van der Waals surface area contributed by atoms with Crippen LogP contribution in [0.25, 0.3) is 11.0 Å². The molecule has 0 radical (unpaired) electrons. The first-order chi connectivity index (χ1) is 14.3. The van der Waals surface area contributed by atoms with Crippen LogP contribution in [-0.2, 0) is 16.4 Å². The Morgan fingerprint density at radius 1 is 1.27 bits per heavy atom. The zero-order chi connectivity index (χ0) is 21.5. The molecule has 30 heavy (non-hydrogen) atoms. The van der Waals surface area contributed by atoms with Crippen LogP contribution in [0.1, 0.15) is 39.5 Å². The monoisotopic (exact) mass is 445 g/mol. The highest BCUT2D eigenvalue weighted by Crippen LogP contribution is 2.32. The Kier molecular flexibility index (Phi) is 5.50. The van der Waals surface area contributed by atoms with Crippen LogP contribution in [0.5, 0.6) is 0 Å². The van der Waals surface area contributed by atoms with Gasteiger partial charge in [-0.05, 0) is 43.8 Å². The van der Waals surface area contributed by atoms with Crippen molar-refractivity contribution >= 4 is 38.1 Å². The highest BCUT2D eigenvalue weighted by molar-refractivity contribution is 7.91. The second-order valence-electron chi connectivity index (χ2n) is 7.43. The van der Waals surface area contributed by atoms with E-state index in [9.17, 15) is 18.0 Å². The number of sulfone groups is 1. The highest BCUT2D eigenvalue weighted by Gasteiger charge is 2.34. The first-order valence-corrected chi connectivity index (χ1v) is 12.5. The van der Waals surface area contributed by atoms with Gasteiger partial charge in [0, 0.05) is 36.4 Å². The lowest BCUT2D eigenvalue weighted by atomic mass is 10.1. The molecule has 7 nitrogen and oxygen atoms in total. The van der Waals surface area contributed by atoms with Gasteiger partial charge in [0.1, 0.15) is 11.2 Å². The van der Waals surface area contributed by atoms with Gasteiger partial charge in [-0.25, -0.2) is 13.4 Å². The molecule has 0 aromatic carbocycles. The third-order valence-electron chi connectivity index (χ3n) is 5.52. The first-order valence-electron chi connectivity index (χ1n) is 9.87. The number of carbonyl (C=O) groups is 1. The normalized spacial score (nSPS) is 19.0. The van der Waals surface area contributed by atoms with Gasteiger partial charge in [0.15, 0.2) is 9.84 Å². The van der Waals surface area contributed by atoms with Gasteiger partial charge in [0.25, 0.3) is 5.91 Å². The molecule has 1 fully saturated rings. The number of amides is 1. The number of hydrogen-bond acceptors (Lipinski definition) is 6. The van der Waals surface area contributed by atoms with E-state index in [4.69, 9.17) is 0 Å². The quantitative estimate of drug-likeness (QED) is 0.618. The predicted molar refractivity (Wildman–Crippen MR) is 118 cm³/mol. The van der Waals surface area contributed by atoms with Gasteiger partial charge in [0.05, 0.1) is 16.4 Å². The fourth-order valence-corrected chi connectivity index (χ4v) is 6.87. The van der Waals surface area contributed by atoms with Crippen LogP contribution in [0.4, 0.5) is 0 Å². The number of rotatable bonds is 3. The van der Waals surface area contributed by atoms with E-state index in [0.29, 0.717) is 24.0 Å². The number of pyridine rings is 2. The topological polar surface area (TPSA) is 89.3 Å². The van der Waals surface area contributed by atoms with E-state index in [1.54, 1.807) is 22.9 Å². The molecule has 4 rings (SSSR count). The number of fused-ring (bicyclic) bond motifs is 1. The van der Waals surface area contributed by atoms with Crippen molar-refractivity contribution in [3.63, 3.8) is 0 Å². The van der Waals surface area contributed by atoms with Crippen molar-refractivity contribution in [3.8, 4) is 0 Å². The number of aromatic nitrogens is 2. The summed E-state index contributed by atoms with van der Waals surface area (Å²) < 4.78 is 27.3. The van der Waals surface area contributed by atoms with Crippen molar-refractivity contribution in [3.05, 3.63) is 62.2 Å². The highest BCUT2D eigenvalue weighted by atomic mass is 32.2. The summed E-state index contributed by atoms with van der Waals surface area (Å²) in [5.74, 6) is -0.538. The van der Waals surface area contributed by atoms with E-state index in [2.05, 4.69) is 4.98 Å². The summed E-state index contributed by atoms with van der Waals surface area (Å²) in [6.07, 6.45) is 1.88. The Bertz CT molecular complexity index is 1260. The largest absolute Gasteiger partial charge is 0.337 e. The number of aryl methyl sites for hydroxylation is 2. The summed E-state index contributed by atoms with van der Waals surface area (Å²) in [5, 5.41) is 1.65. The van der Waals surface area contributed by atoms with E-state index in [-0.39, 0.29) is 29.8 Å². The SMILES string of the molecule is CCn1cc(C(=O)N2CCC(c3cccs3)S(=O)(=O)CC2)c(=O)c2ccc(C)nc21. The summed E-state index contributed by atoms with van der Waals surface area (Å²) in [7, 11) is -3.37. The molecule has 0 bridgehead atoms. The number of hydrogen-bond donors (Lipinski definition) is 0. The van der Waals surface area contributed by atoms with Gasteiger partial charge in [-0.2, -0.15) is 0 Å². The lowest BCUT2D eigenvalue weighted by Gasteiger charge is -2.20. The first kappa shape index (κ1) is 20.7. The van der Waals surface area contributed by atoms with Crippen LogP contribution in [0.2, 0.25) is 0 Å². The van der Waals surface area contributed by atoms with E-state index in [0.717, 1.165) is 10.6 Å². The van der Waals surface area contributed by atoms with Crippen molar-refractivity contribution < 1.29 is 13.2 Å². The number of nitrogens with zero attached hydrogens (tertiary/aromatic N) is 3. The molecule has 0 spiro atoms. The van der Waals surface area contributed by atoms with Crippen molar-refractivity contribution in [1.29, 1.82) is 0 Å². The molecule has 3 aromatic heterocycles. The minimum Gasteiger partial charge on any atom is -0.337 e. The van der Waals surface area contributed by atoms with Crippen LogP contribution in [-0.4, -0.2) is 47.6 Å². The van der Waals surface area contributed by atoms with Crippen LogP contribution in [0, 0.1) is 6.92 Å². The van der Waals surface area contributed by atoms with Crippen LogP contribution >= 0.6 is 11.3 Å². The summed E-state index contributed by atoms with van der Waals surface area (Å²) >= 11 is 1.41. The van der Waals surface area contributed by atoms with Gasteiger partial charge in [-0.15, -0.1) is 11.3 Å². The Balaban J connectivity index is 1.70. The summed E-state index contributed by atoms with van der Waals surface area (Å²) in [4.78, 5) is 33.0. The molecule has 1 unspecified atom stereocenters. The Morgan fingerprint density at radius 2 is 2.07 bits per heavy atom. The van der Waals surface area contributed by atoms with Gasteiger partial charge in [-0.1, -0.05) is 6.07 Å². The summed E-state index contributed by atoms with van der Waals surface area (Å²) in [6, 6.07) is 7.11. The smallest absolute Gasteiger partial charge is 0.259 e. The third kappa shape index (κ3) is 3.67. The minimum atomic E-state index is -3.37. The zero-order valence-corrected chi connectivity index (χ0v) is 18.5. The Hall–Kier alpha value is -2.52. The lowest BCUT2D eigenvalue weighted by Crippen LogP contribution is -2.37. The fraction of sp³-hybridized carbons (Fsp3) is 0.381. The van der Waals surface area contributed by atoms with Gasteiger partial charge in [-0.3, -0.25) is 9.59 Å². The third-order valence-corrected chi connectivity index (χ3v) is 8.76. The molecule has 158 valence electrons. The van der Waals surface area contributed by atoms with Crippen molar-refractivity contribution in [1.82, 2.24) is 14.5 Å². The molecule has 0 saturated carbocycles. The van der Waals surface area contributed by atoms with Crippen molar-refractivity contribution in [2.75, 3.05) is 18.8 Å². The molecule has 1 atom stereocenters. The van der Waals surface area contributed by atoms with Crippen LogP contribution in [0.3, 0.4) is 0 Å². The van der Waals surface area contributed by atoms with Crippen LogP contribution < -0.4 is 5.43 Å². The van der Waals surface area contributed by atoms with Gasteiger partial charge < -0.3 is 9.47 Å². The van der Waals surface area contributed by atoms with Crippen molar-refractivity contribution in [2.24, 2.45) is 0 Å². The zero-order valence-electron chi connectivity index (χ0n) is 16.9. The Labute approximate surface area is 178 Å². The van der Waals surface area contributed by atoms with E-state index >= 15 is 0 Å². The standard InChI is InChI=1S/C21H23N3O4S2/c1-3-23-13-16(19(25)15-7-6-14(2)22-20(15)23)21(26)24-9-8-18(17-5-4-11-29-17)30(27,28)12-10-24/h4-7,11,13,18H,3,8-10,12H2,1-2H3. The maximum Gasteiger partial charge on any atom is 0.259 e. The Morgan fingerprint density at radius 3 is 2.77 bits per heavy atom. The van der Waals surface area contributed by atoms with E-state index in [1.807, 2.05) is 31.4 Å². The molecule has 1 aliphatic heterocycles. The maximum absolute atomic E-state index is 13.3. The predicted octanol–water partition coefficient (Wildman–Crippen LogP) is 2.79. The summed E-state index contributed by atoms with van der Waals surface area (Å²) in [5.41, 5.74) is 1.03. The second kappa shape index (κ2) is 7.96. The van der Waals surface area contributed by atoms with Crippen molar-refractivity contribution in [2.45, 2.75) is 32.1 Å². The number of carbonyl (C=O) groups excluding carboxylic acids is 1. The average Bonchev–Trinajstić information content (AvgIpc) is 3.19. The molecule has 9 heteroatoms.